The zero-order valence-electron chi connectivity index (χ0n) is 10.1. The predicted octanol–water partition coefficient (Wildman–Crippen LogP) is 1.96. The summed E-state index contributed by atoms with van der Waals surface area (Å²) in [6, 6.07) is 2.56. The van der Waals surface area contributed by atoms with Crippen molar-refractivity contribution in [3.63, 3.8) is 0 Å². The van der Waals surface area contributed by atoms with Crippen molar-refractivity contribution in [3.05, 3.63) is 46.9 Å². The van der Waals surface area contributed by atoms with Crippen molar-refractivity contribution in [1.82, 2.24) is 9.78 Å². The maximum absolute atomic E-state index is 13.4. The largest absolute Gasteiger partial charge is 0.305 e. The molecule has 0 unspecified atom stereocenters. The van der Waals surface area contributed by atoms with E-state index < -0.39 is 28.9 Å². The summed E-state index contributed by atoms with van der Waals surface area (Å²) in [6.07, 6.45) is 1.19. The molecule has 0 aliphatic rings. The van der Waals surface area contributed by atoms with E-state index in [-0.39, 0.29) is 11.4 Å². The monoisotopic (exact) mass is 280 g/mol. The van der Waals surface area contributed by atoms with Gasteiger partial charge in [0.1, 0.15) is 40.5 Å². The number of nitrogens with zero attached hydrogens (tertiary/aromatic N) is 3. The molecule has 0 aliphatic carbocycles. The van der Waals surface area contributed by atoms with Crippen LogP contribution in [-0.2, 0) is 7.05 Å². The summed E-state index contributed by atoms with van der Waals surface area (Å²) in [7, 11) is 1.44. The third kappa shape index (κ3) is 2.33. The lowest BCUT2D eigenvalue weighted by atomic mass is 10.1. The lowest BCUT2D eigenvalue weighted by Crippen LogP contribution is -2.18. The van der Waals surface area contributed by atoms with Crippen molar-refractivity contribution in [1.29, 1.82) is 5.26 Å². The third-order valence-corrected chi connectivity index (χ3v) is 2.53. The molecule has 0 saturated heterocycles. The van der Waals surface area contributed by atoms with E-state index in [1.54, 1.807) is 6.07 Å². The maximum atomic E-state index is 13.4. The number of aromatic nitrogens is 2. The van der Waals surface area contributed by atoms with Gasteiger partial charge in [0.05, 0.1) is 6.20 Å². The van der Waals surface area contributed by atoms with E-state index in [1.807, 2.05) is 0 Å². The first-order valence-corrected chi connectivity index (χ1v) is 5.32. The molecule has 0 aliphatic heterocycles. The number of rotatable bonds is 2. The van der Waals surface area contributed by atoms with E-state index in [2.05, 4.69) is 10.4 Å². The molecule has 1 heterocycles. The van der Waals surface area contributed by atoms with Gasteiger partial charge in [-0.25, -0.2) is 13.2 Å². The molecule has 1 amide bonds. The standard InChI is InChI=1S/C12H7F3N4O/c1-19-11(6(4-16)5-17-19)18-12(20)10-8(14)2-7(13)3-9(10)15/h2-3,5H,1H3,(H,18,20). The number of hydrogen-bond acceptors (Lipinski definition) is 3. The molecule has 1 N–H and O–H groups in total. The van der Waals surface area contributed by atoms with Crippen LogP contribution < -0.4 is 5.32 Å². The molecule has 1 aromatic carbocycles. The lowest BCUT2D eigenvalue weighted by molar-refractivity contribution is 0.101. The summed E-state index contributed by atoms with van der Waals surface area (Å²) in [5.41, 5.74) is -0.903. The molecule has 102 valence electrons. The highest BCUT2D eigenvalue weighted by atomic mass is 19.1. The van der Waals surface area contributed by atoms with Crippen LogP contribution in [0.4, 0.5) is 19.0 Å². The first-order valence-electron chi connectivity index (χ1n) is 5.32. The fraction of sp³-hybridized carbons (Fsp3) is 0.0833. The quantitative estimate of drug-likeness (QED) is 0.914. The average Bonchev–Trinajstić information content (AvgIpc) is 2.69. The van der Waals surface area contributed by atoms with Crippen LogP contribution in [0.3, 0.4) is 0 Å². The highest BCUT2D eigenvalue weighted by Crippen LogP contribution is 2.18. The number of carbonyl (C=O) groups is 1. The van der Waals surface area contributed by atoms with Gasteiger partial charge in [-0.3, -0.25) is 9.48 Å². The Balaban J connectivity index is 2.39. The Morgan fingerprint density at radius 1 is 1.35 bits per heavy atom. The molecule has 0 spiro atoms. The normalized spacial score (nSPS) is 10.2. The van der Waals surface area contributed by atoms with Crippen molar-refractivity contribution in [2.45, 2.75) is 0 Å². The topological polar surface area (TPSA) is 70.7 Å². The smallest absolute Gasteiger partial charge is 0.262 e. The Morgan fingerprint density at radius 3 is 2.50 bits per heavy atom. The summed E-state index contributed by atoms with van der Waals surface area (Å²) >= 11 is 0. The van der Waals surface area contributed by atoms with Gasteiger partial charge in [0, 0.05) is 19.2 Å². The summed E-state index contributed by atoms with van der Waals surface area (Å²) < 4.78 is 40.8. The second-order valence-corrected chi connectivity index (χ2v) is 3.84. The van der Waals surface area contributed by atoms with E-state index in [0.29, 0.717) is 12.1 Å². The van der Waals surface area contributed by atoms with Gasteiger partial charge in [-0.05, 0) is 0 Å². The van der Waals surface area contributed by atoms with Crippen LogP contribution in [0.2, 0.25) is 0 Å². The van der Waals surface area contributed by atoms with E-state index in [0.717, 1.165) is 4.68 Å². The third-order valence-electron chi connectivity index (χ3n) is 2.53. The molecule has 0 atom stereocenters. The van der Waals surface area contributed by atoms with Crippen molar-refractivity contribution >= 4 is 11.7 Å². The molecule has 5 nitrogen and oxygen atoms in total. The van der Waals surface area contributed by atoms with E-state index in [1.165, 1.54) is 13.2 Å². The SMILES string of the molecule is Cn1ncc(C#N)c1NC(=O)c1c(F)cc(F)cc1F. The fourth-order valence-electron chi connectivity index (χ4n) is 1.60. The van der Waals surface area contributed by atoms with Gasteiger partial charge in [0.25, 0.3) is 5.91 Å². The van der Waals surface area contributed by atoms with Crippen LogP contribution in [-0.4, -0.2) is 15.7 Å². The predicted molar refractivity (Wildman–Crippen MR) is 62.2 cm³/mol. The van der Waals surface area contributed by atoms with Crippen molar-refractivity contribution in [3.8, 4) is 6.07 Å². The summed E-state index contributed by atoms with van der Waals surface area (Å²) in [5.74, 6) is -4.95. The highest BCUT2D eigenvalue weighted by Gasteiger charge is 2.21. The minimum Gasteiger partial charge on any atom is -0.305 e. The van der Waals surface area contributed by atoms with Crippen molar-refractivity contribution < 1.29 is 18.0 Å². The second-order valence-electron chi connectivity index (χ2n) is 3.84. The second kappa shape index (κ2) is 5.05. The molecule has 8 heteroatoms. The van der Waals surface area contributed by atoms with Crippen molar-refractivity contribution in [2.75, 3.05) is 5.32 Å². The number of aryl methyl sites for hydroxylation is 1. The first kappa shape index (κ1) is 13.6. The molecule has 0 saturated carbocycles. The number of carbonyl (C=O) groups excluding carboxylic acids is 1. The Kier molecular flexibility index (Phi) is 3.43. The number of hydrogen-bond donors (Lipinski definition) is 1. The van der Waals surface area contributed by atoms with Gasteiger partial charge in [-0.15, -0.1) is 0 Å². The maximum Gasteiger partial charge on any atom is 0.262 e. The number of anilines is 1. The average molecular weight is 280 g/mol. The number of amides is 1. The zero-order valence-corrected chi connectivity index (χ0v) is 10.1. The molecule has 2 rings (SSSR count). The van der Waals surface area contributed by atoms with Gasteiger partial charge in [-0.2, -0.15) is 10.4 Å². The number of nitriles is 1. The number of benzene rings is 1. The Labute approximate surface area is 111 Å². The summed E-state index contributed by atoms with van der Waals surface area (Å²) in [6.45, 7) is 0. The van der Waals surface area contributed by atoms with E-state index in [4.69, 9.17) is 5.26 Å². The molecule has 20 heavy (non-hydrogen) atoms. The minimum absolute atomic E-state index is 0.0133. The molecule has 2 aromatic rings. The van der Waals surface area contributed by atoms with Gasteiger partial charge in [0.15, 0.2) is 0 Å². The van der Waals surface area contributed by atoms with Gasteiger partial charge >= 0.3 is 0 Å². The van der Waals surface area contributed by atoms with E-state index >= 15 is 0 Å². The zero-order chi connectivity index (χ0) is 14.9. The number of nitrogens with one attached hydrogen (secondary N) is 1. The summed E-state index contributed by atoms with van der Waals surface area (Å²) in [5, 5.41) is 14.7. The molecule has 0 fully saturated rings. The number of halogens is 3. The van der Waals surface area contributed by atoms with Crippen LogP contribution in [0.1, 0.15) is 15.9 Å². The highest BCUT2D eigenvalue weighted by molar-refractivity contribution is 6.04. The van der Waals surface area contributed by atoms with Crippen LogP contribution in [0, 0.1) is 28.8 Å². The van der Waals surface area contributed by atoms with Gasteiger partial charge in [-0.1, -0.05) is 0 Å². The molecule has 1 aromatic heterocycles. The Hall–Kier alpha value is -2.82. The fourth-order valence-corrected chi connectivity index (χ4v) is 1.60. The van der Waals surface area contributed by atoms with Crippen LogP contribution >= 0.6 is 0 Å². The first-order chi connectivity index (χ1) is 9.43. The Morgan fingerprint density at radius 2 is 1.95 bits per heavy atom. The van der Waals surface area contributed by atoms with Gasteiger partial charge < -0.3 is 5.32 Å². The van der Waals surface area contributed by atoms with Gasteiger partial charge in [0.2, 0.25) is 0 Å². The van der Waals surface area contributed by atoms with Crippen molar-refractivity contribution in [2.24, 2.45) is 7.05 Å². The van der Waals surface area contributed by atoms with Crippen LogP contribution in [0.15, 0.2) is 18.3 Å². The molecular weight excluding hydrogens is 273 g/mol. The Bertz CT molecular complexity index is 710. The lowest BCUT2D eigenvalue weighted by Gasteiger charge is -2.08. The van der Waals surface area contributed by atoms with Crippen LogP contribution in [0.5, 0.6) is 0 Å². The molecule has 0 radical (unpaired) electrons. The molecular formula is C12H7F3N4O. The van der Waals surface area contributed by atoms with Crippen LogP contribution in [0.25, 0.3) is 0 Å². The summed E-state index contributed by atoms with van der Waals surface area (Å²) in [4.78, 5) is 11.8. The van der Waals surface area contributed by atoms with E-state index in [9.17, 15) is 18.0 Å². The minimum atomic E-state index is -1.33. The molecule has 0 bridgehead atoms.